The number of rotatable bonds is 3. The molecule has 3 aliphatic heterocycles. The minimum Gasteiger partial charge on any atom is -0.301 e. The Bertz CT molecular complexity index is 545. The molecule has 5 heteroatoms. The van der Waals surface area contributed by atoms with Crippen molar-refractivity contribution >= 4 is 10.1 Å². The van der Waals surface area contributed by atoms with Crippen molar-refractivity contribution in [2.75, 3.05) is 19.6 Å². The molecule has 0 spiro atoms. The van der Waals surface area contributed by atoms with Crippen LogP contribution < -0.4 is 0 Å². The molecule has 0 aromatic heterocycles. The average Bonchev–Trinajstić information content (AvgIpc) is 2.40. The van der Waals surface area contributed by atoms with E-state index >= 15 is 0 Å². The van der Waals surface area contributed by atoms with Gasteiger partial charge >= 0.3 is 0 Å². The summed E-state index contributed by atoms with van der Waals surface area (Å²) in [5, 5.41) is 0. The maximum Gasteiger partial charge on any atom is 0.297 e. The molecule has 0 N–H and O–H groups in total. The van der Waals surface area contributed by atoms with Gasteiger partial charge < -0.3 is 4.90 Å². The van der Waals surface area contributed by atoms with Crippen molar-refractivity contribution in [1.82, 2.24) is 4.90 Å². The number of aryl methyl sites for hydroxylation is 1. The highest BCUT2D eigenvalue weighted by molar-refractivity contribution is 7.86. The van der Waals surface area contributed by atoms with Gasteiger partial charge in [-0.1, -0.05) is 17.7 Å². The SMILES string of the molecule is Cc1ccc(S(=O)(=O)O[C@H]2CN3CCC2CC3)cc1. The normalized spacial score (nSPS) is 30.5. The van der Waals surface area contributed by atoms with E-state index in [1.54, 1.807) is 24.3 Å². The van der Waals surface area contributed by atoms with E-state index in [9.17, 15) is 8.42 Å². The third-order valence-corrected chi connectivity index (χ3v) is 5.51. The van der Waals surface area contributed by atoms with Crippen LogP contribution in [0.4, 0.5) is 0 Å². The van der Waals surface area contributed by atoms with Crippen LogP contribution in [0.25, 0.3) is 0 Å². The Morgan fingerprint density at radius 3 is 2.32 bits per heavy atom. The minimum absolute atomic E-state index is 0.172. The fourth-order valence-electron chi connectivity index (χ4n) is 2.94. The summed E-state index contributed by atoms with van der Waals surface area (Å²) in [5.74, 6) is 0.394. The van der Waals surface area contributed by atoms with Crippen LogP contribution in [0.3, 0.4) is 0 Å². The maximum absolute atomic E-state index is 12.2. The predicted molar refractivity (Wildman–Crippen MR) is 72.4 cm³/mol. The third kappa shape index (κ3) is 2.68. The summed E-state index contributed by atoms with van der Waals surface area (Å²) in [6.07, 6.45) is 1.93. The molecule has 4 nitrogen and oxygen atoms in total. The van der Waals surface area contributed by atoms with Gasteiger partial charge in [-0.2, -0.15) is 8.42 Å². The van der Waals surface area contributed by atoms with E-state index in [-0.39, 0.29) is 11.0 Å². The van der Waals surface area contributed by atoms with Crippen molar-refractivity contribution in [3.63, 3.8) is 0 Å². The third-order valence-electron chi connectivity index (χ3n) is 4.16. The summed E-state index contributed by atoms with van der Waals surface area (Å²) in [6, 6.07) is 6.83. The lowest BCUT2D eigenvalue weighted by Crippen LogP contribution is -2.51. The van der Waals surface area contributed by atoms with Crippen molar-refractivity contribution in [1.29, 1.82) is 0 Å². The Balaban J connectivity index is 1.76. The van der Waals surface area contributed by atoms with Gasteiger partial charge in [-0.25, -0.2) is 0 Å². The van der Waals surface area contributed by atoms with E-state index < -0.39 is 10.1 Å². The van der Waals surface area contributed by atoms with Crippen LogP contribution in [0.1, 0.15) is 18.4 Å². The van der Waals surface area contributed by atoms with Gasteiger partial charge in [-0.15, -0.1) is 0 Å². The second kappa shape index (κ2) is 4.89. The van der Waals surface area contributed by atoms with E-state index in [0.717, 1.165) is 38.0 Å². The van der Waals surface area contributed by atoms with E-state index in [4.69, 9.17) is 4.18 Å². The van der Waals surface area contributed by atoms with E-state index in [1.165, 1.54) is 0 Å². The lowest BCUT2D eigenvalue weighted by Gasteiger charge is -2.43. The highest BCUT2D eigenvalue weighted by Crippen LogP contribution is 2.31. The summed E-state index contributed by atoms with van der Waals surface area (Å²) in [6.45, 7) is 4.84. The fraction of sp³-hybridized carbons (Fsp3) is 0.571. The molecular formula is C14H19NO3S. The standard InChI is InChI=1S/C14H19NO3S/c1-11-2-4-13(5-3-11)19(16,17)18-14-10-15-8-6-12(14)7-9-15/h2-5,12,14H,6-10H2,1H3/t14-/m0/s1. The Labute approximate surface area is 114 Å². The second-order valence-corrected chi connectivity index (χ2v) is 7.11. The molecule has 0 aliphatic carbocycles. The quantitative estimate of drug-likeness (QED) is 0.793. The van der Waals surface area contributed by atoms with Crippen molar-refractivity contribution in [3.8, 4) is 0 Å². The maximum atomic E-state index is 12.2. The van der Waals surface area contributed by atoms with Crippen LogP contribution in [0, 0.1) is 12.8 Å². The second-order valence-electron chi connectivity index (χ2n) is 5.54. The number of benzene rings is 1. The molecule has 3 heterocycles. The molecule has 3 saturated heterocycles. The molecule has 0 saturated carbocycles. The average molecular weight is 281 g/mol. The first-order chi connectivity index (χ1) is 9.04. The molecule has 2 bridgehead atoms. The van der Waals surface area contributed by atoms with Crippen molar-refractivity contribution < 1.29 is 12.6 Å². The molecule has 3 aliphatic rings. The van der Waals surface area contributed by atoms with E-state index in [0.29, 0.717) is 5.92 Å². The first-order valence-electron chi connectivity index (χ1n) is 6.77. The van der Waals surface area contributed by atoms with Gasteiger partial charge in [0.2, 0.25) is 0 Å². The molecule has 19 heavy (non-hydrogen) atoms. The number of piperidine rings is 3. The van der Waals surface area contributed by atoms with Crippen LogP contribution >= 0.6 is 0 Å². The number of hydrogen-bond acceptors (Lipinski definition) is 4. The van der Waals surface area contributed by atoms with Gasteiger partial charge in [0.15, 0.2) is 0 Å². The number of fused-ring (bicyclic) bond motifs is 3. The predicted octanol–water partition coefficient (Wildman–Crippen LogP) is 1.79. The Hall–Kier alpha value is -0.910. The molecule has 1 aromatic carbocycles. The summed E-state index contributed by atoms with van der Waals surface area (Å²) in [5.41, 5.74) is 1.04. The fourth-order valence-corrected chi connectivity index (χ4v) is 4.07. The highest BCUT2D eigenvalue weighted by Gasteiger charge is 2.37. The summed E-state index contributed by atoms with van der Waals surface area (Å²) >= 11 is 0. The van der Waals surface area contributed by atoms with Crippen LogP contribution in [0.5, 0.6) is 0 Å². The highest BCUT2D eigenvalue weighted by atomic mass is 32.2. The lowest BCUT2D eigenvalue weighted by atomic mass is 9.86. The van der Waals surface area contributed by atoms with E-state index in [2.05, 4.69) is 4.90 Å². The molecule has 1 aromatic rings. The summed E-state index contributed by atoms with van der Waals surface area (Å²) < 4.78 is 30.0. The first kappa shape index (κ1) is 13.1. The Kier molecular flexibility index (Phi) is 3.37. The zero-order valence-corrected chi connectivity index (χ0v) is 11.9. The van der Waals surface area contributed by atoms with Gasteiger partial charge in [-0.3, -0.25) is 4.18 Å². The number of nitrogens with zero attached hydrogens (tertiary/aromatic N) is 1. The molecule has 1 atom stereocenters. The lowest BCUT2D eigenvalue weighted by molar-refractivity contribution is -0.00428. The van der Waals surface area contributed by atoms with Gasteiger partial charge in [0, 0.05) is 6.54 Å². The van der Waals surface area contributed by atoms with E-state index in [1.807, 2.05) is 6.92 Å². The minimum atomic E-state index is -3.63. The summed E-state index contributed by atoms with van der Waals surface area (Å²) in [4.78, 5) is 2.55. The van der Waals surface area contributed by atoms with Gasteiger partial charge in [-0.05, 0) is 50.9 Å². The number of hydrogen-bond donors (Lipinski definition) is 0. The molecule has 0 radical (unpaired) electrons. The van der Waals surface area contributed by atoms with Crippen LogP contribution in [0.2, 0.25) is 0 Å². The largest absolute Gasteiger partial charge is 0.301 e. The topological polar surface area (TPSA) is 46.6 Å². The molecule has 3 fully saturated rings. The van der Waals surface area contributed by atoms with Crippen molar-refractivity contribution in [3.05, 3.63) is 29.8 Å². The first-order valence-corrected chi connectivity index (χ1v) is 8.18. The smallest absolute Gasteiger partial charge is 0.297 e. The Morgan fingerprint density at radius 1 is 1.16 bits per heavy atom. The van der Waals surface area contributed by atoms with Crippen LogP contribution in [0.15, 0.2) is 29.2 Å². The van der Waals surface area contributed by atoms with Gasteiger partial charge in [0.05, 0.1) is 11.0 Å². The van der Waals surface area contributed by atoms with Crippen LogP contribution in [-0.2, 0) is 14.3 Å². The molecule has 4 rings (SSSR count). The van der Waals surface area contributed by atoms with Crippen molar-refractivity contribution in [2.45, 2.75) is 30.8 Å². The molecule has 0 unspecified atom stereocenters. The Morgan fingerprint density at radius 2 is 1.79 bits per heavy atom. The van der Waals surface area contributed by atoms with Crippen molar-refractivity contribution in [2.24, 2.45) is 5.92 Å². The zero-order valence-electron chi connectivity index (χ0n) is 11.1. The van der Waals surface area contributed by atoms with Gasteiger partial charge in [0.25, 0.3) is 10.1 Å². The molecule has 0 amide bonds. The summed E-state index contributed by atoms with van der Waals surface area (Å²) in [7, 11) is -3.63. The molecule has 104 valence electrons. The van der Waals surface area contributed by atoms with Crippen LogP contribution in [-0.4, -0.2) is 39.1 Å². The van der Waals surface area contributed by atoms with Gasteiger partial charge in [0.1, 0.15) is 0 Å². The monoisotopic (exact) mass is 281 g/mol. The zero-order chi connectivity index (χ0) is 13.5. The molecular weight excluding hydrogens is 262 g/mol.